The van der Waals surface area contributed by atoms with Crippen LogP contribution in [0.1, 0.15) is 134 Å². The van der Waals surface area contributed by atoms with E-state index in [0.29, 0.717) is 31.2 Å². The standard InChI is InChI=1S/C36H44Br2O2/c1-3-5-7-9-11-13-15-27-17-21-29(22-18-27)35(39)31-25-34(38)32(26-33(31)37)36(40)30-23-19-28(20-24-30)16-14-12-10-8-6-4-2/h17-26H,3-16H2,1-2H3. The third-order valence-corrected chi connectivity index (χ3v) is 8.93. The van der Waals surface area contributed by atoms with Gasteiger partial charge in [-0.25, -0.2) is 0 Å². The minimum Gasteiger partial charge on any atom is -0.289 e. The summed E-state index contributed by atoms with van der Waals surface area (Å²) in [6.07, 6.45) is 17.4. The first-order valence-corrected chi connectivity index (χ1v) is 16.8. The fourth-order valence-electron chi connectivity index (χ4n) is 5.07. The second-order valence-corrected chi connectivity index (χ2v) is 12.6. The zero-order valence-corrected chi connectivity index (χ0v) is 27.4. The number of carbonyl (C=O) groups is 2. The Morgan fingerprint density at radius 2 is 0.825 bits per heavy atom. The van der Waals surface area contributed by atoms with Crippen LogP contribution >= 0.6 is 31.9 Å². The van der Waals surface area contributed by atoms with E-state index in [0.717, 1.165) is 12.8 Å². The Balaban J connectivity index is 1.59. The van der Waals surface area contributed by atoms with Gasteiger partial charge in [0.1, 0.15) is 0 Å². The van der Waals surface area contributed by atoms with Crippen molar-refractivity contribution in [2.45, 2.75) is 104 Å². The molecule has 4 heteroatoms. The van der Waals surface area contributed by atoms with Crippen LogP contribution in [0.3, 0.4) is 0 Å². The lowest BCUT2D eigenvalue weighted by molar-refractivity contribution is 0.102. The molecule has 0 heterocycles. The number of aryl methyl sites for hydroxylation is 2. The Morgan fingerprint density at radius 1 is 0.500 bits per heavy atom. The number of rotatable bonds is 18. The van der Waals surface area contributed by atoms with E-state index < -0.39 is 0 Å². The van der Waals surface area contributed by atoms with Crippen LogP contribution in [-0.2, 0) is 12.8 Å². The van der Waals surface area contributed by atoms with E-state index in [9.17, 15) is 9.59 Å². The Labute approximate surface area is 258 Å². The van der Waals surface area contributed by atoms with Gasteiger partial charge < -0.3 is 0 Å². The highest BCUT2D eigenvalue weighted by Gasteiger charge is 2.19. The smallest absolute Gasteiger partial charge is 0.194 e. The molecule has 2 nitrogen and oxygen atoms in total. The lowest BCUT2D eigenvalue weighted by atomic mass is 9.96. The molecule has 0 fully saturated rings. The Hall–Kier alpha value is -2.04. The van der Waals surface area contributed by atoms with E-state index in [1.807, 2.05) is 24.3 Å². The van der Waals surface area contributed by atoms with Crippen LogP contribution in [0, 0.1) is 0 Å². The third kappa shape index (κ3) is 10.1. The van der Waals surface area contributed by atoms with Gasteiger partial charge >= 0.3 is 0 Å². The van der Waals surface area contributed by atoms with E-state index in [1.165, 1.54) is 88.2 Å². The molecular weight excluding hydrogens is 624 g/mol. The molecule has 214 valence electrons. The highest BCUT2D eigenvalue weighted by molar-refractivity contribution is 9.11. The first kappa shape index (κ1) is 32.5. The van der Waals surface area contributed by atoms with Crippen LogP contribution in [-0.4, -0.2) is 11.6 Å². The van der Waals surface area contributed by atoms with Crippen molar-refractivity contribution in [3.63, 3.8) is 0 Å². The topological polar surface area (TPSA) is 34.1 Å². The lowest BCUT2D eigenvalue weighted by Gasteiger charge is -2.11. The molecule has 0 aliphatic carbocycles. The molecule has 0 amide bonds. The number of carbonyl (C=O) groups excluding carboxylic acids is 2. The minimum absolute atomic E-state index is 0.0586. The van der Waals surface area contributed by atoms with E-state index in [1.54, 1.807) is 12.1 Å². The highest BCUT2D eigenvalue weighted by atomic mass is 79.9. The molecule has 3 rings (SSSR count). The molecule has 0 atom stereocenters. The van der Waals surface area contributed by atoms with E-state index in [2.05, 4.69) is 70.0 Å². The average molecular weight is 669 g/mol. The number of hydrogen-bond donors (Lipinski definition) is 0. The van der Waals surface area contributed by atoms with Crippen LogP contribution in [0.25, 0.3) is 0 Å². The van der Waals surface area contributed by atoms with Gasteiger partial charge in [-0.15, -0.1) is 0 Å². The average Bonchev–Trinajstić information content (AvgIpc) is 2.97. The summed E-state index contributed by atoms with van der Waals surface area (Å²) in [5, 5.41) is 0. The van der Waals surface area contributed by atoms with Crippen molar-refractivity contribution < 1.29 is 9.59 Å². The second kappa shape index (κ2) is 17.7. The number of halogens is 2. The van der Waals surface area contributed by atoms with Crippen molar-refractivity contribution in [1.29, 1.82) is 0 Å². The van der Waals surface area contributed by atoms with Gasteiger partial charge in [-0.2, -0.15) is 0 Å². The zero-order chi connectivity index (χ0) is 28.7. The quantitative estimate of drug-likeness (QED) is 0.0999. The molecule has 0 unspecified atom stereocenters. The fraction of sp³-hybridized carbons (Fsp3) is 0.444. The van der Waals surface area contributed by atoms with Crippen molar-refractivity contribution in [1.82, 2.24) is 0 Å². The van der Waals surface area contributed by atoms with E-state index >= 15 is 0 Å². The van der Waals surface area contributed by atoms with Crippen molar-refractivity contribution in [2.75, 3.05) is 0 Å². The summed E-state index contributed by atoms with van der Waals surface area (Å²) in [5.41, 5.74) is 4.93. The summed E-state index contributed by atoms with van der Waals surface area (Å²) in [6, 6.07) is 19.5. The van der Waals surface area contributed by atoms with Crippen molar-refractivity contribution in [3.05, 3.63) is 103 Å². The SMILES string of the molecule is CCCCCCCCc1ccc(C(=O)c2cc(Br)c(C(=O)c3ccc(CCCCCCCC)cc3)cc2Br)cc1. The molecule has 0 aromatic heterocycles. The van der Waals surface area contributed by atoms with Crippen LogP contribution in [0.4, 0.5) is 0 Å². The molecule has 3 aromatic carbocycles. The largest absolute Gasteiger partial charge is 0.289 e. The van der Waals surface area contributed by atoms with Crippen LogP contribution < -0.4 is 0 Å². The normalized spacial score (nSPS) is 11.1. The third-order valence-electron chi connectivity index (χ3n) is 7.62. The van der Waals surface area contributed by atoms with Gasteiger partial charge in [0.05, 0.1) is 0 Å². The lowest BCUT2D eigenvalue weighted by Crippen LogP contribution is -2.07. The summed E-state index contributed by atoms with van der Waals surface area (Å²) >= 11 is 7.13. The van der Waals surface area contributed by atoms with Gasteiger partial charge in [-0.3, -0.25) is 9.59 Å². The summed E-state index contributed by atoms with van der Waals surface area (Å²) < 4.78 is 1.25. The molecular formula is C36H44Br2O2. The Bertz CT molecular complexity index is 1120. The maximum Gasteiger partial charge on any atom is 0.194 e. The molecule has 0 N–H and O–H groups in total. The maximum atomic E-state index is 13.3. The molecule has 40 heavy (non-hydrogen) atoms. The van der Waals surface area contributed by atoms with E-state index in [4.69, 9.17) is 0 Å². The monoisotopic (exact) mass is 666 g/mol. The molecule has 3 aromatic rings. The maximum absolute atomic E-state index is 13.3. The molecule has 0 radical (unpaired) electrons. The summed E-state index contributed by atoms with van der Waals surface area (Å²) in [5.74, 6) is -0.117. The number of hydrogen-bond acceptors (Lipinski definition) is 2. The number of ketones is 2. The Morgan fingerprint density at radius 3 is 1.18 bits per heavy atom. The highest BCUT2D eigenvalue weighted by Crippen LogP contribution is 2.30. The molecule has 0 bridgehead atoms. The van der Waals surface area contributed by atoms with Crippen molar-refractivity contribution in [2.24, 2.45) is 0 Å². The minimum atomic E-state index is -0.0586. The molecule has 0 saturated heterocycles. The fourth-order valence-corrected chi connectivity index (χ4v) is 6.12. The van der Waals surface area contributed by atoms with Gasteiger partial charge in [0, 0.05) is 31.2 Å². The van der Waals surface area contributed by atoms with Gasteiger partial charge in [-0.1, -0.05) is 158 Å². The summed E-state index contributed by atoms with van der Waals surface area (Å²) in [4.78, 5) is 26.6. The summed E-state index contributed by atoms with van der Waals surface area (Å²) in [7, 11) is 0. The van der Waals surface area contributed by atoms with Crippen LogP contribution in [0.15, 0.2) is 69.6 Å². The predicted molar refractivity (Wildman–Crippen MR) is 176 cm³/mol. The first-order valence-electron chi connectivity index (χ1n) is 15.2. The predicted octanol–water partition coefficient (Wildman–Crippen LogP) is 11.5. The molecule has 0 aliphatic rings. The van der Waals surface area contributed by atoms with Crippen LogP contribution in [0.5, 0.6) is 0 Å². The molecule has 0 saturated carbocycles. The van der Waals surface area contributed by atoms with Gasteiger partial charge in [0.25, 0.3) is 0 Å². The van der Waals surface area contributed by atoms with E-state index in [-0.39, 0.29) is 11.6 Å². The van der Waals surface area contributed by atoms with Crippen LogP contribution in [0.2, 0.25) is 0 Å². The second-order valence-electron chi connectivity index (χ2n) is 10.9. The molecule has 0 aliphatic heterocycles. The van der Waals surface area contributed by atoms with Gasteiger partial charge in [0.2, 0.25) is 0 Å². The van der Waals surface area contributed by atoms with Gasteiger partial charge in [-0.05, 0) is 48.9 Å². The van der Waals surface area contributed by atoms with Crippen molar-refractivity contribution >= 4 is 43.4 Å². The zero-order valence-electron chi connectivity index (χ0n) is 24.2. The molecule has 0 spiro atoms. The number of benzene rings is 3. The first-order chi connectivity index (χ1) is 19.4. The van der Waals surface area contributed by atoms with Gasteiger partial charge in [0.15, 0.2) is 11.6 Å². The van der Waals surface area contributed by atoms with Crippen molar-refractivity contribution in [3.8, 4) is 0 Å². The summed E-state index contributed by atoms with van der Waals surface area (Å²) in [6.45, 7) is 4.48. The Kier molecular flexibility index (Phi) is 14.4. The number of unbranched alkanes of at least 4 members (excludes halogenated alkanes) is 10.